The summed E-state index contributed by atoms with van der Waals surface area (Å²) in [6.07, 6.45) is -0.0271. The Hall–Kier alpha value is -2.08. The van der Waals surface area contributed by atoms with Gasteiger partial charge in [-0.3, -0.25) is 4.79 Å². The van der Waals surface area contributed by atoms with Gasteiger partial charge in [-0.2, -0.15) is 0 Å². The van der Waals surface area contributed by atoms with Gasteiger partial charge in [-0.15, -0.1) is 11.3 Å². The van der Waals surface area contributed by atoms with Gasteiger partial charge in [-0.25, -0.2) is 4.98 Å². The Morgan fingerprint density at radius 2 is 2.11 bits per heavy atom. The summed E-state index contributed by atoms with van der Waals surface area (Å²) < 4.78 is 5.10. The Morgan fingerprint density at radius 1 is 1.42 bits per heavy atom. The van der Waals surface area contributed by atoms with Crippen LogP contribution >= 0.6 is 11.3 Å². The zero-order valence-electron chi connectivity index (χ0n) is 10.6. The van der Waals surface area contributed by atoms with E-state index in [2.05, 4.69) is 10.3 Å². The normalized spacial score (nSPS) is 10.2. The molecule has 0 spiro atoms. The maximum Gasteiger partial charge on any atom is 0.308 e. The van der Waals surface area contributed by atoms with Crippen molar-refractivity contribution in [2.45, 2.75) is 6.42 Å². The highest BCUT2D eigenvalue weighted by molar-refractivity contribution is 7.16. The number of hydrogen-bond acceptors (Lipinski definition) is 5. The minimum absolute atomic E-state index is 0.0271. The first-order chi connectivity index (χ1) is 9.13. The van der Waals surface area contributed by atoms with Gasteiger partial charge in [0.25, 0.3) is 0 Å². The van der Waals surface area contributed by atoms with Crippen LogP contribution in [0.1, 0.15) is 4.88 Å². The molecule has 1 aromatic carbocycles. The summed E-state index contributed by atoms with van der Waals surface area (Å²) in [7, 11) is 3.37. The predicted octanol–water partition coefficient (Wildman–Crippen LogP) is 2.49. The highest BCUT2D eigenvalue weighted by Crippen LogP contribution is 2.32. The van der Waals surface area contributed by atoms with Crippen molar-refractivity contribution in [3.8, 4) is 17.0 Å². The van der Waals surface area contributed by atoms with Gasteiger partial charge < -0.3 is 15.2 Å². The summed E-state index contributed by atoms with van der Waals surface area (Å²) in [6, 6.07) is 7.41. The lowest BCUT2D eigenvalue weighted by molar-refractivity contribution is -0.136. The molecule has 0 amide bonds. The first kappa shape index (κ1) is 13.4. The number of hydrogen-bond donors (Lipinski definition) is 2. The van der Waals surface area contributed by atoms with Crippen molar-refractivity contribution < 1.29 is 14.6 Å². The molecule has 0 aliphatic heterocycles. The van der Waals surface area contributed by atoms with Crippen molar-refractivity contribution >= 4 is 22.4 Å². The van der Waals surface area contributed by atoms with Crippen LogP contribution in [0.5, 0.6) is 5.75 Å². The van der Waals surface area contributed by atoms with Crippen molar-refractivity contribution in [3.05, 3.63) is 29.1 Å². The number of nitrogens with zero attached hydrogens (tertiary/aromatic N) is 1. The molecule has 1 heterocycles. The first-order valence-electron chi connectivity index (χ1n) is 5.67. The molecule has 0 fully saturated rings. The van der Waals surface area contributed by atoms with E-state index in [9.17, 15) is 4.79 Å². The van der Waals surface area contributed by atoms with Gasteiger partial charge in [-0.05, 0) is 24.3 Å². The zero-order chi connectivity index (χ0) is 13.8. The van der Waals surface area contributed by atoms with E-state index in [1.165, 1.54) is 11.3 Å². The molecule has 100 valence electrons. The van der Waals surface area contributed by atoms with Gasteiger partial charge >= 0.3 is 5.97 Å². The molecule has 6 heteroatoms. The van der Waals surface area contributed by atoms with E-state index >= 15 is 0 Å². The van der Waals surface area contributed by atoms with Crippen LogP contribution in [0.2, 0.25) is 0 Å². The number of anilines is 1. The second kappa shape index (κ2) is 5.71. The van der Waals surface area contributed by atoms with Crippen LogP contribution < -0.4 is 10.1 Å². The fraction of sp³-hybridized carbons (Fsp3) is 0.231. The Morgan fingerprint density at radius 3 is 2.63 bits per heavy atom. The molecule has 0 aliphatic carbocycles. The van der Waals surface area contributed by atoms with Gasteiger partial charge in [0.1, 0.15) is 5.75 Å². The third-order valence-corrected chi connectivity index (χ3v) is 3.66. The Kier molecular flexibility index (Phi) is 4.01. The third kappa shape index (κ3) is 3.03. The molecule has 0 saturated heterocycles. The van der Waals surface area contributed by atoms with Crippen LogP contribution in [0.15, 0.2) is 24.3 Å². The van der Waals surface area contributed by atoms with Crippen molar-refractivity contribution in [3.63, 3.8) is 0 Å². The van der Waals surface area contributed by atoms with E-state index in [-0.39, 0.29) is 6.42 Å². The van der Waals surface area contributed by atoms with Gasteiger partial charge in [0.05, 0.1) is 19.2 Å². The Labute approximate surface area is 114 Å². The molecule has 0 aliphatic rings. The molecular formula is C13H14N2O3S. The lowest BCUT2D eigenvalue weighted by Crippen LogP contribution is -1.99. The average molecular weight is 278 g/mol. The molecule has 2 rings (SSSR count). The van der Waals surface area contributed by atoms with Crippen LogP contribution in [-0.2, 0) is 11.2 Å². The topological polar surface area (TPSA) is 71.5 Å². The van der Waals surface area contributed by atoms with Crippen molar-refractivity contribution in [2.75, 3.05) is 19.5 Å². The second-order valence-electron chi connectivity index (χ2n) is 3.84. The number of carbonyl (C=O) groups is 1. The fourth-order valence-corrected chi connectivity index (χ4v) is 2.62. The smallest absolute Gasteiger partial charge is 0.308 e. The molecule has 0 bridgehead atoms. The summed E-state index contributed by atoms with van der Waals surface area (Å²) in [5.74, 6) is -0.103. The first-order valence-corrected chi connectivity index (χ1v) is 6.49. The van der Waals surface area contributed by atoms with Gasteiger partial charge in [0.15, 0.2) is 5.13 Å². The van der Waals surface area contributed by atoms with E-state index < -0.39 is 5.97 Å². The lowest BCUT2D eigenvalue weighted by Gasteiger charge is -2.02. The molecule has 0 saturated carbocycles. The summed E-state index contributed by atoms with van der Waals surface area (Å²) in [5.41, 5.74) is 1.59. The number of aliphatic carboxylic acids is 1. The number of ether oxygens (including phenoxy) is 1. The van der Waals surface area contributed by atoms with Crippen molar-refractivity contribution in [1.29, 1.82) is 0 Å². The van der Waals surface area contributed by atoms with Gasteiger partial charge in [-0.1, -0.05) is 0 Å². The number of carboxylic acids is 1. The Bertz CT molecular complexity index is 578. The highest BCUT2D eigenvalue weighted by Gasteiger charge is 2.15. The zero-order valence-corrected chi connectivity index (χ0v) is 11.5. The van der Waals surface area contributed by atoms with Crippen LogP contribution in [-0.4, -0.2) is 30.2 Å². The molecule has 0 atom stereocenters. The quantitative estimate of drug-likeness (QED) is 0.879. The largest absolute Gasteiger partial charge is 0.497 e. The molecular weight excluding hydrogens is 264 g/mol. The van der Waals surface area contributed by atoms with Crippen molar-refractivity contribution in [1.82, 2.24) is 4.98 Å². The number of aromatic nitrogens is 1. The Balaban J connectivity index is 2.40. The number of rotatable bonds is 5. The van der Waals surface area contributed by atoms with Crippen LogP contribution in [0, 0.1) is 0 Å². The lowest BCUT2D eigenvalue weighted by atomic mass is 10.1. The summed E-state index contributed by atoms with van der Waals surface area (Å²) >= 11 is 1.36. The number of benzene rings is 1. The van der Waals surface area contributed by atoms with Gasteiger partial charge in [0.2, 0.25) is 0 Å². The molecule has 5 nitrogen and oxygen atoms in total. The summed E-state index contributed by atoms with van der Waals surface area (Å²) in [6.45, 7) is 0. The number of carboxylic acid groups (broad SMARTS) is 1. The fourth-order valence-electron chi connectivity index (χ4n) is 1.69. The van der Waals surface area contributed by atoms with E-state index in [0.29, 0.717) is 10.8 Å². The van der Waals surface area contributed by atoms with E-state index in [1.807, 2.05) is 24.3 Å². The molecule has 0 radical (unpaired) electrons. The molecule has 2 N–H and O–H groups in total. The van der Waals surface area contributed by atoms with Crippen LogP contribution in [0.3, 0.4) is 0 Å². The monoisotopic (exact) mass is 278 g/mol. The van der Waals surface area contributed by atoms with Crippen LogP contribution in [0.25, 0.3) is 11.3 Å². The maximum absolute atomic E-state index is 10.9. The summed E-state index contributed by atoms with van der Waals surface area (Å²) in [4.78, 5) is 16.0. The minimum Gasteiger partial charge on any atom is -0.497 e. The SMILES string of the molecule is CNc1nc(-c2ccc(OC)cc2)c(CC(=O)O)s1. The van der Waals surface area contributed by atoms with E-state index in [4.69, 9.17) is 9.84 Å². The standard InChI is InChI=1S/C13H14N2O3S/c1-14-13-15-12(10(19-13)7-11(16)17)8-3-5-9(18-2)6-4-8/h3-6H,7H2,1-2H3,(H,14,15)(H,16,17). The molecule has 19 heavy (non-hydrogen) atoms. The van der Waals surface area contributed by atoms with Gasteiger partial charge in [0, 0.05) is 17.5 Å². The average Bonchev–Trinajstić information content (AvgIpc) is 2.81. The highest BCUT2D eigenvalue weighted by atomic mass is 32.1. The van der Waals surface area contributed by atoms with Crippen LogP contribution in [0.4, 0.5) is 5.13 Å². The minimum atomic E-state index is -0.860. The molecule has 1 aromatic heterocycles. The predicted molar refractivity (Wildman–Crippen MR) is 75.0 cm³/mol. The number of nitrogens with one attached hydrogen (secondary N) is 1. The molecule has 2 aromatic rings. The summed E-state index contributed by atoms with van der Waals surface area (Å²) in [5, 5.41) is 12.6. The maximum atomic E-state index is 10.9. The molecule has 0 unspecified atom stereocenters. The third-order valence-electron chi connectivity index (χ3n) is 2.59. The number of thiazole rings is 1. The van der Waals surface area contributed by atoms with E-state index in [0.717, 1.165) is 16.2 Å². The van der Waals surface area contributed by atoms with Crippen molar-refractivity contribution in [2.24, 2.45) is 0 Å². The second-order valence-corrected chi connectivity index (χ2v) is 4.92. The number of methoxy groups -OCH3 is 1. The van der Waals surface area contributed by atoms with E-state index in [1.54, 1.807) is 14.2 Å².